The Morgan fingerprint density at radius 1 is 1.09 bits per heavy atom. The number of rotatable bonds is 10. The maximum atomic E-state index is 12.7. The molecule has 2 aromatic carbocycles. The van der Waals surface area contributed by atoms with Gasteiger partial charge in [-0.25, -0.2) is 0 Å². The Kier molecular flexibility index (Phi) is 9.01. The van der Waals surface area contributed by atoms with Crippen LogP contribution in [0.25, 0.3) is 6.08 Å². The van der Waals surface area contributed by atoms with Crippen molar-refractivity contribution in [2.75, 3.05) is 13.2 Å². The van der Waals surface area contributed by atoms with Crippen molar-refractivity contribution in [1.82, 2.24) is 4.90 Å². The lowest BCUT2D eigenvalue weighted by Crippen LogP contribution is -2.35. The lowest BCUT2D eigenvalue weighted by molar-refractivity contribution is -0.150. The maximum Gasteiger partial charge on any atom is 0.326 e. The molecule has 3 rings (SSSR count). The van der Waals surface area contributed by atoms with Gasteiger partial charge in [0.15, 0.2) is 11.5 Å². The average molecular weight is 504 g/mol. The van der Waals surface area contributed by atoms with Crippen molar-refractivity contribution in [3.8, 4) is 11.5 Å². The first-order chi connectivity index (χ1) is 16.3. The van der Waals surface area contributed by atoms with Crippen molar-refractivity contribution < 1.29 is 28.6 Å². The molecule has 1 fully saturated rings. The molecular weight excluding hydrogens is 478 g/mol. The molecule has 9 heteroatoms. The molecule has 0 spiro atoms. The molecule has 180 valence electrons. The summed E-state index contributed by atoms with van der Waals surface area (Å²) >= 11 is 6.71. The van der Waals surface area contributed by atoms with Crippen LogP contribution in [-0.4, -0.2) is 41.3 Å². The highest BCUT2D eigenvalue weighted by molar-refractivity contribution is 8.18. The molecule has 0 bridgehead atoms. The fourth-order valence-electron chi connectivity index (χ4n) is 3.01. The standard InChI is InChI=1S/C25H26ClNO6S/c1-4-16(3)33-23(28)14-27-24(29)22(34-25(27)30)13-18-8-11-20(21(12-18)31-5-2)32-15-17-6-9-19(26)10-7-17/h6-13,16H,4-5,14-15H2,1-3H3/b22-13+/t16-/m0/s1. The number of halogens is 1. The quantitative estimate of drug-likeness (QED) is 0.304. The Bertz CT molecular complexity index is 1090. The van der Waals surface area contributed by atoms with Crippen LogP contribution in [0.4, 0.5) is 4.79 Å². The summed E-state index contributed by atoms with van der Waals surface area (Å²) in [5, 5.41) is 0.144. The van der Waals surface area contributed by atoms with E-state index in [2.05, 4.69) is 0 Å². The van der Waals surface area contributed by atoms with Crippen LogP contribution in [0, 0.1) is 0 Å². The average Bonchev–Trinajstić information content (AvgIpc) is 3.07. The van der Waals surface area contributed by atoms with Gasteiger partial charge in [-0.3, -0.25) is 19.3 Å². The lowest BCUT2D eigenvalue weighted by atomic mass is 10.1. The first-order valence-corrected chi connectivity index (χ1v) is 12.1. The van der Waals surface area contributed by atoms with Gasteiger partial charge < -0.3 is 14.2 Å². The van der Waals surface area contributed by atoms with Gasteiger partial charge in [-0.05, 0) is 73.5 Å². The molecule has 0 radical (unpaired) electrons. The Morgan fingerprint density at radius 2 is 1.82 bits per heavy atom. The number of esters is 1. The summed E-state index contributed by atoms with van der Waals surface area (Å²) in [4.78, 5) is 38.2. The molecule has 0 N–H and O–H groups in total. The van der Waals surface area contributed by atoms with Gasteiger partial charge in [0.05, 0.1) is 17.6 Å². The molecule has 1 heterocycles. The van der Waals surface area contributed by atoms with E-state index in [-0.39, 0.29) is 11.0 Å². The highest BCUT2D eigenvalue weighted by atomic mass is 35.5. The zero-order valence-electron chi connectivity index (χ0n) is 19.2. The number of benzene rings is 2. The number of carbonyl (C=O) groups excluding carboxylic acids is 3. The number of carbonyl (C=O) groups is 3. The summed E-state index contributed by atoms with van der Waals surface area (Å²) in [6.45, 7) is 5.85. The number of nitrogens with zero attached hydrogens (tertiary/aromatic N) is 1. The Morgan fingerprint density at radius 3 is 2.50 bits per heavy atom. The van der Waals surface area contributed by atoms with E-state index in [1.807, 2.05) is 26.0 Å². The lowest BCUT2D eigenvalue weighted by Gasteiger charge is -2.15. The monoisotopic (exact) mass is 503 g/mol. The van der Waals surface area contributed by atoms with Gasteiger partial charge in [0, 0.05) is 5.02 Å². The van der Waals surface area contributed by atoms with E-state index < -0.39 is 23.7 Å². The second-order valence-electron chi connectivity index (χ2n) is 7.53. The fraction of sp³-hybridized carbons (Fsp3) is 0.320. The summed E-state index contributed by atoms with van der Waals surface area (Å²) in [5.74, 6) is -0.0766. The van der Waals surface area contributed by atoms with Crippen LogP contribution >= 0.6 is 23.4 Å². The Balaban J connectivity index is 1.72. The zero-order valence-corrected chi connectivity index (χ0v) is 20.8. The van der Waals surface area contributed by atoms with Gasteiger partial charge in [0.1, 0.15) is 13.2 Å². The topological polar surface area (TPSA) is 82.1 Å². The number of thioether (sulfide) groups is 1. The van der Waals surface area contributed by atoms with Crippen LogP contribution in [0.15, 0.2) is 47.4 Å². The highest BCUT2D eigenvalue weighted by Gasteiger charge is 2.36. The molecule has 0 saturated carbocycles. The molecule has 1 saturated heterocycles. The molecule has 0 aliphatic carbocycles. The second-order valence-corrected chi connectivity index (χ2v) is 8.96. The number of imide groups is 1. The van der Waals surface area contributed by atoms with E-state index in [9.17, 15) is 14.4 Å². The predicted molar refractivity (Wildman–Crippen MR) is 132 cm³/mol. The van der Waals surface area contributed by atoms with Crippen LogP contribution in [0.3, 0.4) is 0 Å². The van der Waals surface area contributed by atoms with E-state index in [0.29, 0.717) is 41.7 Å². The van der Waals surface area contributed by atoms with Crippen molar-refractivity contribution in [1.29, 1.82) is 0 Å². The van der Waals surface area contributed by atoms with Gasteiger partial charge in [0.2, 0.25) is 0 Å². The van der Waals surface area contributed by atoms with Gasteiger partial charge in [-0.1, -0.05) is 36.7 Å². The molecule has 1 atom stereocenters. The molecule has 2 amide bonds. The van der Waals surface area contributed by atoms with E-state index in [1.54, 1.807) is 43.3 Å². The zero-order chi connectivity index (χ0) is 24.7. The normalized spacial score (nSPS) is 15.5. The summed E-state index contributed by atoms with van der Waals surface area (Å²) in [6, 6.07) is 12.6. The van der Waals surface area contributed by atoms with Gasteiger partial charge in [-0.2, -0.15) is 0 Å². The van der Waals surface area contributed by atoms with Crippen LogP contribution in [0.2, 0.25) is 5.02 Å². The molecule has 0 unspecified atom stereocenters. The molecular formula is C25H26ClNO6S. The smallest absolute Gasteiger partial charge is 0.326 e. The van der Waals surface area contributed by atoms with Crippen molar-refractivity contribution in [3.63, 3.8) is 0 Å². The molecule has 34 heavy (non-hydrogen) atoms. The predicted octanol–water partition coefficient (Wildman–Crippen LogP) is 5.70. The van der Waals surface area contributed by atoms with Crippen molar-refractivity contribution in [2.24, 2.45) is 0 Å². The van der Waals surface area contributed by atoms with Crippen LogP contribution in [0.5, 0.6) is 11.5 Å². The number of amides is 2. The Labute approximate surface area is 208 Å². The molecule has 1 aliphatic rings. The van der Waals surface area contributed by atoms with Gasteiger partial charge in [0.25, 0.3) is 11.1 Å². The first kappa shape index (κ1) is 25.6. The summed E-state index contributed by atoms with van der Waals surface area (Å²) in [7, 11) is 0. The fourth-order valence-corrected chi connectivity index (χ4v) is 3.97. The third kappa shape index (κ3) is 6.77. The summed E-state index contributed by atoms with van der Waals surface area (Å²) in [5.41, 5.74) is 1.62. The molecule has 1 aliphatic heterocycles. The minimum atomic E-state index is -0.612. The first-order valence-electron chi connectivity index (χ1n) is 10.9. The van der Waals surface area contributed by atoms with E-state index in [4.69, 9.17) is 25.8 Å². The maximum absolute atomic E-state index is 12.7. The third-order valence-corrected chi connectivity index (χ3v) is 6.10. The van der Waals surface area contributed by atoms with Crippen LogP contribution in [-0.2, 0) is 20.9 Å². The number of hydrogen-bond donors (Lipinski definition) is 0. The second kappa shape index (κ2) is 11.9. The van der Waals surface area contributed by atoms with E-state index in [0.717, 1.165) is 22.2 Å². The third-order valence-electron chi connectivity index (χ3n) is 4.94. The van der Waals surface area contributed by atoms with Gasteiger partial charge >= 0.3 is 5.97 Å². The van der Waals surface area contributed by atoms with Crippen LogP contribution < -0.4 is 9.47 Å². The van der Waals surface area contributed by atoms with Crippen molar-refractivity contribution in [2.45, 2.75) is 39.9 Å². The largest absolute Gasteiger partial charge is 0.490 e. The minimum Gasteiger partial charge on any atom is -0.490 e. The Hall–Kier alpha value is -2.97. The van der Waals surface area contributed by atoms with E-state index >= 15 is 0 Å². The van der Waals surface area contributed by atoms with Crippen molar-refractivity contribution in [3.05, 3.63) is 63.5 Å². The molecule has 2 aromatic rings. The van der Waals surface area contributed by atoms with Gasteiger partial charge in [-0.15, -0.1) is 0 Å². The highest BCUT2D eigenvalue weighted by Crippen LogP contribution is 2.35. The molecule has 7 nitrogen and oxygen atoms in total. The molecule has 0 aromatic heterocycles. The minimum absolute atomic E-state index is 0.221. The number of hydrogen-bond acceptors (Lipinski definition) is 7. The number of ether oxygens (including phenoxy) is 3. The summed E-state index contributed by atoms with van der Waals surface area (Å²) in [6.07, 6.45) is 1.96. The van der Waals surface area contributed by atoms with E-state index in [1.165, 1.54) is 0 Å². The summed E-state index contributed by atoms with van der Waals surface area (Å²) < 4.78 is 16.8. The van der Waals surface area contributed by atoms with Crippen molar-refractivity contribution >= 4 is 46.6 Å². The van der Waals surface area contributed by atoms with Crippen LogP contribution in [0.1, 0.15) is 38.3 Å². The SMILES string of the molecule is CCOc1cc(/C=C2/SC(=O)N(CC(=O)O[C@@H](C)CC)C2=O)ccc1OCc1ccc(Cl)cc1.